The zero-order valence-electron chi connectivity index (χ0n) is 19.3. The normalized spacial score (nSPS) is 14.7. The molecule has 7 heteroatoms. The Balaban J connectivity index is 1.62. The summed E-state index contributed by atoms with van der Waals surface area (Å²) in [4.78, 5) is 36.5. The first-order valence-electron chi connectivity index (χ1n) is 11.1. The number of carboxylic acid groups (broad SMARTS) is 1. The maximum atomic E-state index is 12.8. The molecule has 0 heterocycles. The molecule has 1 aliphatic carbocycles. The molecule has 0 aromatic heterocycles. The SMILES string of the molecule is CC(C)(C)OC(=O)CCCC[C@](N)(C(=O)O)C(=O)OCC1c2ccccc2-c2ccccc21. The van der Waals surface area contributed by atoms with Gasteiger partial charge in [-0.1, -0.05) is 48.5 Å². The predicted molar refractivity (Wildman–Crippen MR) is 124 cm³/mol. The van der Waals surface area contributed by atoms with Crippen molar-refractivity contribution in [1.29, 1.82) is 0 Å². The number of fused-ring (bicyclic) bond motifs is 3. The van der Waals surface area contributed by atoms with E-state index in [0.717, 1.165) is 22.3 Å². The highest BCUT2D eigenvalue weighted by molar-refractivity contribution is 6.03. The number of esters is 2. The quantitative estimate of drug-likeness (QED) is 0.335. The summed E-state index contributed by atoms with van der Waals surface area (Å²) in [5, 5.41) is 9.65. The number of hydrogen-bond donors (Lipinski definition) is 2. The summed E-state index contributed by atoms with van der Waals surface area (Å²) in [6.45, 7) is 5.32. The molecule has 0 saturated heterocycles. The second kappa shape index (κ2) is 9.75. The molecule has 0 aliphatic heterocycles. The Bertz CT molecular complexity index is 996. The molecule has 3 N–H and O–H groups in total. The van der Waals surface area contributed by atoms with Crippen LogP contribution in [0.1, 0.15) is 63.5 Å². The van der Waals surface area contributed by atoms with Crippen LogP contribution in [0.5, 0.6) is 0 Å². The Kier molecular flexibility index (Phi) is 7.22. The molecule has 0 spiro atoms. The topological polar surface area (TPSA) is 116 Å². The fourth-order valence-electron chi connectivity index (χ4n) is 4.09. The standard InChI is InChI=1S/C26H31NO6/c1-25(2,3)33-22(28)14-8-9-15-26(27,23(29)30)24(31)32-16-21-19-12-6-4-10-17(19)18-11-5-7-13-20(18)21/h4-7,10-13,21H,8-9,14-16,27H2,1-3H3,(H,29,30)/t26-/m0/s1. The lowest BCUT2D eigenvalue weighted by molar-refractivity contribution is -0.161. The van der Waals surface area contributed by atoms with E-state index in [4.69, 9.17) is 15.2 Å². The molecule has 0 amide bonds. The number of hydrogen-bond acceptors (Lipinski definition) is 6. The van der Waals surface area contributed by atoms with Crippen LogP contribution in [0.4, 0.5) is 0 Å². The average Bonchev–Trinajstić information content (AvgIpc) is 3.07. The molecule has 0 fully saturated rings. The van der Waals surface area contributed by atoms with Crippen LogP contribution in [0.15, 0.2) is 48.5 Å². The van der Waals surface area contributed by atoms with Gasteiger partial charge in [-0.15, -0.1) is 0 Å². The van der Waals surface area contributed by atoms with Crippen LogP contribution in [0.2, 0.25) is 0 Å². The van der Waals surface area contributed by atoms with Crippen LogP contribution in [-0.2, 0) is 23.9 Å². The number of nitrogens with two attached hydrogens (primary N) is 1. The molecule has 3 rings (SSSR count). The highest BCUT2D eigenvalue weighted by Crippen LogP contribution is 2.44. The van der Waals surface area contributed by atoms with E-state index >= 15 is 0 Å². The van der Waals surface area contributed by atoms with Gasteiger partial charge in [0.2, 0.25) is 5.54 Å². The molecule has 0 radical (unpaired) electrons. The molecule has 0 bridgehead atoms. The summed E-state index contributed by atoms with van der Waals surface area (Å²) in [7, 11) is 0. The van der Waals surface area contributed by atoms with Gasteiger partial charge in [0.1, 0.15) is 12.2 Å². The highest BCUT2D eigenvalue weighted by Gasteiger charge is 2.44. The molecule has 2 aromatic carbocycles. The van der Waals surface area contributed by atoms with Crippen LogP contribution in [0.3, 0.4) is 0 Å². The van der Waals surface area contributed by atoms with Gasteiger partial charge in [0.05, 0.1) is 0 Å². The number of carbonyl (C=O) groups is 3. The fraction of sp³-hybridized carbons (Fsp3) is 0.423. The van der Waals surface area contributed by atoms with Crippen molar-refractivity contribution in [3.05, 3.63) is 59.7 Å². The van der Waals surface area contributed by atoms with E-state index in [1.165, 1.54) is 0 Å². The second-order valence-corrected chi connectivity index (χ2v) is 9.40. The number of carbonyl (C=O) groups excluding carboxylic acids is 2. The first-order valence-corrected chi connectivity index (χ1v) is 11.1. The van der Waals surface area contributed by atoms with Crippen LogP contribution >= 0.6 is 0 Å². The molecule has 1 atom stereocenters. The van der Waals surface area contributed by atoms with Crippen molar-refractivity contribution in [3.63, 3.8) is 0 Å². The third-order valence-corrected chi connectivity index (χ3v) is 5.71. The van der Waals surface area contributed by atoms with E-state index in [-0.39, 0.29) is 37.8 Å². The zero-order chi connectivity index (χ0) is 24.2. The number of ether oxygens (including phenoxy) is 2. The first-order chi connectivity index (χ1) is 15.5. The van der Waals surface area contributed by atoms with Gasteiger partial charge in [-0.25, -0.2) is 9.59 Å². The lowest BCUT2D eigenvalue weighted by atomic mass is 9.93. The smallest absolute Gasteiger partial charge is 0.337 e. The Hall–Kier alpha value is -3.19. The average molecular weight is 454 g/mol. The van der Waals surface area contributed by atoms with Crippen molar-refractivity contribution in [2.45, 2.75) is 63.5 Å². The molecule has 33 heavy (non-hydrogen) atoms. The van der Waals surface area contributed by atoms with Crippen LogP contribution in [0, 0.1) is 0 Å². The highest BCUT2D eigenvalue weighted by atomic mass is 16.6. The second-order valence-electron chi connectivity index (χ2n) is 9.40. The monoisotopic (exact) mass is 453 g/mol. The maximum absolute atomic E-state index is 12.8. The van der Waals surface area contributed by atoms with Crippen molar-refractivity contribution < 1.29 is 29.0 Å². The lowest BCUT2D eigenvalue weighted by Crippen LogP contribution is -2.56. The van der Waals surface area contributed by atoms with Crippen LogP contribution in [-0.4, -0.2) is 40.8 Å². The van der Waals surface area contributed by atoms with Gasteiger partial charge in [-0.05, 0) is 62.3 Å². The summed E-state index contributed by atoms with van der Waals surface area (Å²) in [6, 6.07) is 15.8. The Morgan fingerprint density at radius 2 is 1.48 bits per heavy atom. The van der Waals surface area contributed by atoms with Gasteiger partial charge in [0, 0.05) is 12.3 Å². The predicted octanol–water partition coefficient (Wildman–Crippen LogP) is 4.03. The minimum atomic E-state index is -2.18. The molecule has 0 saturated carbocycles. The van der Waals surface area contributed by atoms with Gasteiger partial charge >= 0.3 is 17.9 Å². The molecular formula is C26H31NO6. The van der Waals surface area contributed by atoms with Gasteiger partial charge < -0.3 is 20.3 Å². The maximum Gasteiger partial charge on any atom is 0.337 e. The van der Waals surface area contributed by atoms with Crippen molar-refractivity contribution in [3.8, 4) is 11.1 Å². The molecule has 0 unspecified atom stereocenters. The van der Waals surface area contributed by atoms with Crippen molar-refractivity contribution in [2.24, 2.45) is 5.73 Å². The minimum Gasteiger partial charge on any atom is -0.479 e. The molecule has 176 valence electrons. The minimum absolute atomic E-state index is 0.00298. The summed E-state index contributed by atoms with van der Waals surface area (Å²) < 4.78 is 10.7. The number of rotatable bonds is 9. The number of carboxylic acids is 1. The summed E-state index contributed by atoms with van der Waals surface area (Å²) in [6.07, 6.45) is 0.615. The number of aliphatic carboxylic acids is 1. The van der Waals surface area contributed by atoms with Gasteiger partial charge in [-0.2, -0.15) is 0 Å². The van der Waals surface area contributed by atoms with E-state index < -0.39 is 23.1 Å². The summed E-state index contributed by atoms with van der Waals surface area (Å²) in [5.74, 6) is -2.99. The summed E-state index contributed by atoms with van der Waals surface area (Å²) in [5.41, 5.74) is 7.44. The Morgan fingerprint density at radius 1 is 0.939 bits per heavy atom. The number of unbranched alkanes of at least 4 members (excludes halogenated alkanes) is 1. The molecule has 2 aromatic rings. The van der Waals surface area contributed by atoms with Gasteiger partial charge in [0.25, 0.3) is 0 Å². The van der Waals surface area contributed by atoms with Crippen molar-refractivity contribution in [1.82, 2.24) is 0 Å². The van der Waals surface area contributed by atoms with E-state index in [1.807, 2.05) is 48.5 Å². The zero-order valence-corrected chi connectivity index (χ0v) is 19.3. The number of benzene rings is 2. The fourth-order valence-corrected chi connectivity index (χ4v) is 4.09. The summed E-state index contributed by atoms with van der Waals surface area (Å²) >= 11 is 0. The Morgan fingerprint density at radius 3 is 2.00 bits per heavy atom. The largest absolute Gasteiger partial charge is 0.479 e. The van der Waals surface area contributed by atoms with Crippen molar-refractivity contribution in [2.75, 3.05) is 6.61 Å². The van der Waals surface area contributed by atoms with E-state index in [2.05, 4.69) is 0 Å². The third-order valence-electron chi connectivity index (χ3n) is 5.71. The molecule has 7 nitrogen and oxygen atoms in total. The van der Waals surface area contributed by atoms with Crippen molar-refractivity contribution >= 4 is 17.9 Å². The van der Waals surface area contributed by atoms with E-state index in [1.54, 1.807) is 20.8 Å². The van der Waals surface area contributed by atoms with E-state index in [9.17, 15) is 19.5 Å². The van der Waals surface area contributed by atoms with Gasteiger partial charge in [0.15, 0.2) is 0 Å². The molecular weight excluding hydrogens is 422 g/mol. The third kappa shape index (κ3) is 5.60. The first kappa shape index (κ1) is 24.5. The van der Waals surface area contributed by atoms with Crippen LogP contribution < -0.4 is 5.73 Å². The van der Waals surface area contributed by atoms with Gasteiger partial charge in [-0.3, -0.25) is 4.79 Å². The molecule has 1 aliphatic rings. The Labute approximate surface area is 193 Å². The van der Waals surface area contributed by atoms with E-state index in [0.29, 0.717) is 6.42 Å². The lowest BCUT2D eigenvalue weighted by Gasteiger charge is -2.24. The van der Waals surface area contributed by atoms with Crippen LogP contribution in [0.25, 0.3) is 11.1 Å².